The van der Waals surface area contributed by atoms with Crippen molar-refractivity contribution in [2.24, 2.45) is 0 Å². The van der Waals surface area contributed by atoms with E-state index in [0.29, 0.717) is 11.3 Å². The predicted octanol–water partition coefficient (Wildman–Crippen LogP) is 6.53. The van der Waals surface area contributed by atoms with Crippen molar-refractivity contribution in [3.63, 3.8) is 0 Å². The normalized spacial score (nSPS) is 21.0. The molecule has 1 nitrogen and oxygen atoms in total. The molecule has 0 aliphatic heterocycles. The largest absolute Gasteiger partial charge is 0.346 e. The molecule has 23 heavy (non-hydrogen) atoms. The van der Waals surface area contributed by atoms with Gasteiger partial charge in [0.05, 0.1) is 0 Å². The maximum atomic E-state index is 6.47. The van der Waals surface area contributed by atoms with Gasteiger partial charge in [0, 0.05) is 11.7 Å². The summed E-state index contributed by atoms with van der Waals surface area (Å²) < 4.78 is 1.03. The van der Waals surface area contributed by atoms with Gasteiger partial charge in [0.1, 0.15) is 4.73 Å². The molecule has 0 spiro atoms. The Balaban J connectivity index is 1.84. The highest BCUT2D eigenvalue weighted by molar-refractivity contribution is 8.28. The van der Waals surface area contributed by atoms with Crippen LogP contribution in [-0.2, 0) is 11.8 Å². The SMILES string of the molecule is S=C(Nc1ccccc1)P(=S)(C1CCCCC1)C1CCCCC1. The molecule has 0 unspecified atom stereocenters. The highest BCUT2D eigenvalue weighted by Crippen LogP contribution is 2.64. The van der Waals surface area contributed by atoms with Crippen LogP contribution < -0.4 is 5.32 Å². The van der Waals surface area contributed by atoms with Crippen LogP contribution >= 0.6 is 18.3 Å². The van der Waals surface area contributed by atoms with E-state index in [1.807, 2.05) is 6.07 Å². The highest BCUT2D eigenvalue weighted by Gasteiger charge is 2.40. The molecule has 2 saturated carbocycles. The minimum absolute atomic E-state index is 0.693. The molecule has 0 amide bonds. The Morgan fingerprint density at radius 3 is 1.78 bits per heavy atom. The van der Waals surface area contributed by atoms with Crippen molar-refractivity contribution >= 4 is 40.5 Å². The molecule has 2 aliphatic rings. The van der Waals surface area contributed by atoms with Gasteiger partial charge in [-0.05, 0) is 49.1 Å². The molecule has 0 aromatic heterocycles. The van der Waals surface area contributed by atoms with Gasteiger partial charge in [0.15, 0.2) is 0 Å². The Labute approximate surface area is 151 Å². The maximum absolute atomic E-state index is 6.47. The summed E-state index contributed by atoms with van der Waals surface area (Å²) in [7, 11) is 0. The van der Waals surface area contributed by atoms with E-state index in [0.717, 1.165) is 10.4 Å². The average molecular weight is 366 g/mol. The number of thiocarbonyl (C=S) groups is 1. The molecule has 0 saturated heterocycles. The number of hydrogen-bond donors (Lipinski definition) is 1. The fraction of sp³-hybridized carbons (Fsp3) is 0.632. The molecule has 0 bridgehead atoms. The summed E-state index contributed by atoms with van der Waals surface area (Å²) in [5.41, 5.74) is 2.49. The molecule has 0 atom stereocenters. The Kier molecular flexibility index (Phi) is 6.29. The Morgan fingerprint density at radius 1 is 0.826 bits per heavy atom. The molecule has 1 aromatic rings. The minimum Gasteiger partial charge on any atom is -0.346 e. The van der Waals surface area contributed by atoms with Gasteiger partial charge in [-0.15, -0.1) is 0 Å². The quantitative estimate of drug-likeness (QED) is 0.481. The lowest BCUT2D eigenvalue weighted by molar-refractivity contribution is 0.487. The second-order valence-electron chi connectivity index (χ2n) is 7.09. The molecular formula is C19H28NPS2. The van der Waals surface area contributed by atoms with Crippen LogP contribution in [0.1, 0.15) is 64.2 Å². The first-order valence-corrected chi connectivity index (χ1v) is 12.5. The van der Waals surface area contributed by atoms with E-state index in [-0.39, 0.29) is 0 Å². The first kappa shape index (κ1) is 17.6. The van der Waals surface area contributed by atoms with E-state index in [4.69, 9.17) is 24.0 Å². The molecule has 0 heterocycles. The van der Waals surface area contributed by atoms with Gasteiger partial charge < -0.3 is 5.32 Å². The van der Waals surface area contributed by atoms with E-state index in [9.17, 15) is 0 Å². The second kappa shape index (κ2) is 8.23. The maximum Gasteiger partial charge on any atom is 0.113 e. The topological polar surface area (TPSA) is 12.0 Å². The molecule has 3 rings (SSSR count). The molecule has 2 aliphatic carbocycles. The molecule has 1 aromatic carbocycles. The van der Waals surface area contributed by atoms with Crippen molar-refractivity contribution in [3.05, 3.63) is 30.3 Å². The lowest BCUT2D eigenvalue weighted by Crippen LogP contribution is -2.29. The monoisotopic (exact) mass is 365 g/mol. The van der Waals surface area contributed by atoms with Crippen molar-refractivity contribution in [3.8, 4) is 0 Å². The zero-order valence-corrected chi connectivity index (χ0v) is 16.4. The van der Waals surface area contributed by atoms with Gasteiger partial charge in [0.2, 0.25) is 0 Å². The van der Waals surface area contributed by atoms with E-state index >= 15 is 0 Å². The summed E-state index contributed by atoms with van der Waals surface area (Å²) >= 11 is 12.4. The number of para-hydroxylation sites is 1. The van der Waals surface area contributed by atoms with Crippen LogP contribution in [0, 0.1) is 0 Å². The molecule has 2 fully saturated rings. The fourth-order valence-electron chi connectivity index (χ4n) is 4.29. The number of rotatable bonds is 4. The molecule has 4 heteroatoms. The van der Waals surface area contributed by atoms with Crippen molar-refractivity contribution in [1.29, 1.82) is 0 Å². The fourth-order valence-corrected chi connectivity index (χ4v) is 10.5. The molecule has 0 radical (unpaired) electrons. The third-order valence-corrected chi connectivity index (χ3v) is 13.2. The molecule has 1 N–H and O–H groups in total. The van der Waals surface area contributed by atoms with E-state index < -0.39 is 6.04 Å². The van der Waals surface area contributed by atoms with E-state index in [1.54, 1.807) is 0 Å². The Bertz CT molecular complexity index is 538. The van der Waals surface area contributed by atoms with Crippen LogP contribution in [0.5, 0.6) is 0 Å². The smallest absolute Gasteiger partial charge is 0.113 e. The van der Waals surface area contributed by atoms with Gasteiger partial charge in [0.25, 0.3) is 0 Å². The molecule has 126 valence electrons. The third kappa shape index (κ3) is 4.06. The number of hydrogen-bond acceptors (Lipinski definition) is 2. The second-order valence-corrected chi connectivity index (χ2v) is 12.9. The number of benzene rings is 1. The summed E-state index contributed by atoms with van der Waals surface area (Å²) in [5, 5.41) is 3.55. The van der Waals surface area contributed by atoms with Crippen LogP contribution in [0.15, 0.2) is 30.3 Å². The summed E-state index contributed by atoms with van der Waals surface area (Å²) in [6.45, 7) is 0. The third-order valence-electron chi connectivity index (χ3n) is 5.58. The van der Waals surface area contributed by atoms with Crippen molar-refractivity contribution in [1.82, 2.24) is 0 Å². The minimum atomic E-state index is -1.67. The Morgan fingerprint density at radius 2 is 1.30 bits per heavy atom. The summed E-state index contributed by atoms with van der Waals surface area (Å²) in [5.74, 6) is 0. The van der Waals surface area contributed by atoms with Gasteiger partial charge in [-0.1, -0.05) is 80.7 Å². The van der Waals surface area contributed by atoms with Crippen LogP contribution in [0.2, 0.25) is 0 Å². The van der Waals surface area contributed by atoms with Crippen molar-refractivity contribution in [2.75, 3.05) is 5.32 Å². The van der Waals surface area contributed by atoms with Gasteiger partial charge in [-0.2, -0.15) is 0 Å². The van der Waals surface area contributed by atoms with Crippen LogP contribution in [0.25, 0.3) is 0 Å². The van der Waals surface area contributed by atoms with Crippen molar-refractivity contribution in [2.45, 2.75) is 75.5 Å². The number of anilines is 1. The van der Waals surface area contributed by atoms with Crippen LogP contribution in [0.4, 0.5) is 5.69 Å². The summed E-state index contributed by atoms with van der Waals surface area (Å²) in [6.07, 6.45) is 13.4. The van der Waals surface area contributed by atoms with Gasteiger partial charge in [-0.25, -0.2) is 0 Å². The van der Waals surface area contributed by atoms with Crippen LogP contribution in [-0.4, -0.2) is 16.0 Å². The van der Waals surface area contributed by atoms with Gasteiger partial charge in [-0.3, -0.25) is 0 Å². The lowest BCUT2D eigenvalue weighted by atomic mass is 9.99. The Hall–Kier alpha value is -0.240. The zero-order chi connectivity index (χ0) is 16.1. The van der Waals surface area contributed by atoms with E-state index in [2.05, 4.69) is 29.6 Å². The molecular weight excluding hydrogens is 337 g/mol. The lowest BCUT2D eigenvalue weighted by Gasteiger charge is -2.41. The standard InChI is InChI=1S/C19H28NPS2/c22-19(20-16-10-4-1-5-11-16)21(23,17-12-6-2-7-13-17)18-14-8-3-9-15-18/h1,4-5,10-11,17-18H,2-3,6-9,12-15H2,(H,20,22). The number of nitrogens with one attached hydrogen (secondary N) is 1. The first-order chi connectivity index (χ1) is 11.2. The summed E-state index contributed by atoms with van der Waals surface area (Å²) in [6, 6.07) is 8.72. The average Bonchev–Trinajstić information content (AvgIpc) is 2.63. The predicted molar refractivity (Wildman–Crippen MR) is 111 cm³/mol. The highest BCUT2D eigenvalue weighted by atomic mass is 32.4. The van der Waals surface area contributed by atoms with Crippen molar-refractivity contribution < 1.29 is 0 Å². The zero-order valence-electron chi connectivity index (χ0n) is 13.9. The summed E-state index contributed by atoms with van der Waals surface area (Å²) in [4.78, 5) is 0. The van der Waals surface area contributed by atoms with Crippen LogP contribution in [0.3, 0.4) is 0 Å². The van der Waals surface area contributed by atoms with E-state index in [1.165, 1.54) is 64.2 Å². The van der Waals surface area contributed by atoms with Gasteiger partial charge >= 0.3 is 0 Å². The first-order valence-electron chi connectivity index (χ1n) is 9.17.